The molecule has 0 amide bonds. The first kappa shape index (κ1) is 28.4. The fourth-order valence-corrected chi connectivity index (χ4v) is 4.05. The van der Waals surface area contributed by atoms with Crippen LogP contribution in [0.25, 0.3) is 0 Å². The summed E-state index contributed by atoms with van der Waals surface area (Å²) in [7, 11) is 0. The molecule has 0 fully saturated rings. The van der Waals surface area contributed by atoms with Gasteiger partial charge in [-0.15, -0.1) is 0 Å². The van der Waals surface area contributed by atoms with E-state index in [-0.39, 0.29) is 6.42 Å². The van der Waals surface area contributed by atoms with Gasteiger partial charge in [0, 0.05) is 6.42 Å². The Labute approximate surface area is 201 Å². The number of anilines is 1. The van der Waals surface area contributed by atoms with Gasteiger partial charge in [0.2, 0.25) is 0 Å². The predicted molar refractivity (Wildman–Crippen MR) is 140 cm³/mol. The normalized spacial score (nSPS) is 10.8. The third kappa shape index (κ3) is 16.1. The number of aliphatic carboxylic acids is 1. The zero-order chi connectivity index (χ0) is 23.3. The van der Waals surface area contributed by atoms with Crippen molar-refractivity contribution in [2.45, 2.75) is 116 Å². The topological polar surface area (TPSA) is 58.6 Å². The van der Waals surface area contributed by atoms with Crippen LogP contribution in [0, 0.1) is 0 Å². The molecule has 32 heavy (non-hydrogen) atoms. The van der Waals surface area contributed by atoms with Gasteiger partial charge in [0.1, 0.15) is 5.75 Å². The molecule has 0 unspecified atom stereocenters. The van der Waals surface area contributed by atoms with Gasteiger partial charge in [0.25, 0.3) is 0 Å². The summed E-state index contributed by atoms with van der Waals surface area (Å²) in [4.78, 5) is 11.5. The molecule has 0 radical (unpaired) electrons. The number of rotatable bonds is 21. The molecular weight excluding hydrogens is 418 g/mol. The Kier molecular flexibility index (Phi) is 17.8. The number of nitrogens with one attached hydrogen (secondary N) is 1. The van der Waals surface area contributed by atoms with Crippen LogP contribution in [0.1, 0.15) is 116 Å². The highest BCUT2D eigenvalue weighted by molar-refractivity contribution is 7.80. The van der Waals surface area contributed by atoms with Gasteiger partial charge < -0.3 is 15.2 Å². The van der Waals surface area contributed by atoms with Crippen LogP contribution in [0.4, 0.5) is 5.69 Å². The second-order valence-electron chi connectivity index (χ2n) is 8.74. The summed E-state index contributed by atoms with van der Waals surface area (Å²) in [6, 6.07) is 7.69. The number of hydrogen-bond acceptors (Lipinski definition) is 3. The zero-order valence-corrected chi connectivity index (χ0v) is 21.0. The number of carboxylic acids is 1. The monoisotopic (exact) mass is 463 g/mol. The largest absolute Gasteiger partial charge is 0.491 e. The summed E-state index contributed by atoms with van der Waals surface area (Å²) >= 11 is 5.51. The molecule has 2 N–H and O–H groups in total. The second kappa shape index (κ2) is 20.0. The number of unbranched alkanes of at least 4 members (excludes halogenated alkanes) is 13. The number of para-hydroxylation sites is 2. The lowest BCUT2D eigenvalue weighted by molar-refractivity contribution is -0.137. The zero-order valence-electron chi connectivity index (χ0n) is 20.2. The number of ether oxygens (including phenoxy) is 1. The first-order valence-corrected chi connectivity index (χ1v) is 13.3. The fourth-order valence-electron chi connectivity index (χ4n) is 3.79. The summed E-state index contributed by atoms with van der Waals surface area (Å²) in [6.45, 7) is 2.66. The summed E-state index contributed by atoms with van der Waals surface area (Å²) in [5, 5.41) is 12.0. The van der Waals surface area contributed by atoms with Gasteiger partial charge in [-0.05, 0) is 31.4 Å². The first-order chi connectivity index (χ1) is 15.6. The van der Waals surface area contributed by atoms with Gasteiger partial charge >= 0.3 is 5.97 Å². The lowest BCUT2D eigenvalue weighted by atomic mass is 10.0. The van der Waals surface area contributed by atoms with Gasteiger partial charge in [0.05, 0.1) is 17.3 Å². The van der Waals surface area contributed by atoms with Gasteiger partial charge in [-0.2, -0.15) is 0 Å². The Bertz CT molecular complexity index is 621. The van der Waals surface area contributed by atoms with Gasteiger partial charge in [-0.1, -0.05) is 115 Å². The number of hydrogen-bond donors (Lipinski definition) is 2. The molecule has 5 heteroatoms. The molecule has 0 bridgehead atoms. The third-order valence-corrected chi connectivity index (χ3v) is 6.02. The molecule has 4 nitrogen and oxygen atoms in total. The van der Waals surface area contributed by atoms with E-state index in [1.54, 1.807) is 0 Å². The number of carboxylic acid groups (broad SMARTS) is 1. The minimum absolute atomic E-state index is 0.118. The molecule has 0 spiro atoms. The van der Waals surface area contributed by atoms with Gasteiger partial charge in [-0.25, -0.2) is 0 Å². The minimum Gasteiger partial charge on any atom is -0.491 e. The molecule has 0 saturated carbocycles. The molecular formula is C27H45NO3S. The van der Waals surface area contributed by atoms with Crippen LogP contribution in [-0.4, -0.2) is 22.7 Å². The molecule has 0 aliphatic rings. The SMILES string of the molecule is CCCCCCCCCCCCCCCCC(=S)Nc1ccccc1OCCCC(=O)O. The molecule has 182 valence electrons. The van der Waals surface area contributed by atoms with Crippen LogP contribution in [0.15, 0.2) is 24.3 Å². The van der Waals surface area contributed by atoms with Crippen molar-refractivity contribution in [3.8, 4) is 5.75 Å². The maximum atomic E-state index is 10.6. The van der Waals surface area contributed by atoms with E-state index in [1.165, 1.54) is 83.5 Å². The smallest absolute Gasteiger partial charge is 0.303 e. The van der Waals surface area contributed by atoms with E-state index in [1.807, 2.05) is 24.3 Å². The Morgan fingerprint density at radius 2 is 1.34 bits per heavy atom. The van der Waals surface area contributed by atoms with E-state index < -0.39 is 5.97 Å². The van der Waals surface area contributed by atoms with Crippen molar-refractivity contribution in [2.75, 3.05) is 11.9 Å². The van der Waals surface area contributed by atoms with Crippen LogP contribution < -0.4 is 10.1 Å². The average Bonchev–Trinajstić information content (AvgIpc) is 2.78. The highest BCUT2D eigenvalue weighted by atomic mass is 32.1. The number of thiocarbonyl (C=S) groups is 1. The highest BCUT2D eigenvalue weighted by Crippen LogP contribution is 2.24. The lowest BCUT2D eigenvalue weighted by Gasteiger charge is -2.13. The number of benzene rings is 1. The fraction of sp³-hybridized carbons (Fsp3) is 0.704. The Morgan fingerprint density at radius 3 is 1.91 bits per heavy atom. The summed E-state index contributed by atoms with van der Waals surface area (Å²) in [6.07, 6.45) is 20.5. The van der Waals surface area contributed by atoms with E-state index in [2.05, 4.69) is 12.2 Å². The van der Waals surface area contributed by atoms with E-state index in [0.29, 0.717) is 13.0 Å². The molecule has 0 atom stereocenters. The predicted octanol–water partition coefficient (Wildman–Crippen LogP) is 8.54. The van der Waals surface area contributed by atoms with Crippen LogP contribution in [0.5, 0.6) is 5.75 Å². The van der Waals surface area contributed by atoms with Gasteiger partial charge in [0.15, 0.2) is 0 Å². The van der Waals surface area contributed by atoms with E-state index in [9.17, 15) is 4.79 Å². The highest BCUT2D eigenvalue weighted by Gasteiger charge is 2.06. The van der Waals surface area contributed by atoms with Crippen molar-refractivity contribution in [1.82, 2.24) is 0 Å². The van der Waals surface area contributed by atoms with Crippen LogP contribution >= 0.6 is 12.2 Å². The molecule has 0 aliphatic heterocycles. The van der Waals surface area contributed by atoms with Crippen molar-refractivity contribution in [2.24, 2.45) is 0 Å². The average molecular weight is 464 g/mol. The molecule has 0 aliphatic carbocycles. The summed E-state index contributed by atoms with van der Waals surface area (Å²) in [5.74, 6) is -0.0736. The van der Waals surface area contributed by atoms with E-state index in [0.717, 1.165) is 29.3 Å². The molecule has 0 saturated heterocycles. The van der Waals surface area contributed by atoms with Crippen LogP contribution in [0.2, 0.25) is 0 Å². The Morgan fingerprint density at radius 1 is 0.812 bits per heavy atom. The maximum Gasteiger partial charge on any atom is 0.303 e. The van der Waals surface area contributed by atoms with E-state index in [4.69, 9.17) is 22.1 Å². The van der Waals surface area contributed by atoms with Crippen molar-refractivity contribution in [1.29, 1.82) is 0 Å². The first-order valence-electron chi connectivity index (χ1n) is 12.9. The summed E-state index contributed by atoms with van der Waals surface area (Å²) in [5.41, 5.74) is 0.859. The Hall–Kier alpha value is -1.62. The molecule has 0 heterocycles. The number of carbonyl (C=O) groups is 1. The molecule has 1 aromatic rings. The maximum absolute atomic E-state index is 10.6. The lowest BCUT2D eigenvalue weighted by Crippen LogP contribution is -2.10. The van der Waals surface area contributed by atoms with Crippen molar-refractivity contribution in [3.05, 3.63) is 24.3 Å². The third-order valence-electron chi connectivity index (χ3n) is 5.71. The standard InChI is InChI=1S/C27H45NO3S/c1-2-3-4-5-6-7-8-9-10-11-12-13-14-15-21-26(32)28-24-19-16-17-20-25(24)31-23-18-22-27(29)30/h16-17,19-20H,2-15,18,21-23H2,1H3,(H,28,32)(H,29,30). The summed E-state index contributed by atoms with van der Waals surface area (Å²) < 4.78 is 5.73. The quantitative estimate of drug-likeness (QED) is 0.141. The Balaban J connectivity index is 2.02. The van der Waals surface area contributed by atoms with Crippen LogP contribution in [0.3, 0.4) is 0 Å². The molecule has 0 aromatic heterocycles. The van der Waals surface area contributed by atoms with Crippen molar-refractivity contribution in [3.63, 3.8) is 0 Å². The van der Waals surface area contributed by atoms with Crippen LogP contribution in [-0.2, 0) is 4.79 Å². The minimum atomic E-state index is -0.797. The van der Waals surface area contributed by atoms with Gasteiger partial charge in [-0.3, -0.25) is 4.79 Å². The molecule has 1 rings (SSSR count). The van der Waals surface area contributed by atoms with Crippen molar-refractivity contribution >= 4 is 28.9 Å². The van der Waals surface area contributed by atoms with Crippen molar-refractivity contribution < 1.29 is 14.6 Å². The second-order valence-corrected chi connectivity index (χ2v) is 9.23. The van der Waals surface area contributed by atoms with E-state index >= 15 is 0 Å². The molecule has 1 aromatic carbocycles.